The lowest BCUT2D eigenvalue weighted by atomic mass is 10.2. The summed E-state index contributed by atoms with van der Waals surface area (Å²) in [4.78, 5) is 20.3. The highest BCUT2D eigenvalue weighted by Gasteiger charge is 2.19. The van der Waals surface area contributed by atoms with Crippen molar-refractivity contribution in [2.24, 2.45) is 0 Å². The topological polar surface area (TPSA) is 78.1 Å². The smallest absolute Gasteiger partial charge is 0.358 e. The van der Waals surface area contributed by atoms with E-state index in [2.05, 4.69) is 9.97 Å². The molecule has 2 rings (SSSR count). The second-order valence-corrected chi connectivity index (χ2v) is 4.22. The summed E-state index contributed by atoms with van der Waals surface area (Å²) >= 11 is 1.26. The van der Waals surface area contributed by atoms with Crippen LogP contribution in [0.4, 0.5) is 5.13 Å². The first-order valence-corrected chi connectivity index (χ1v) is 5.88. The molecule has 0 aliphatic carbocycles. The lowest BCUT2D eigenvalue weighted by molar-refractivity contribution is 0.0521. The molecule has 5 nitrogen and oxygen atoms in total. The first-order valence-electron chi connectivity index (χ1n) is 5.06. The van der Waals surface area contributed by atoms with Crippen LogP contribution in [0.15, 0.2) is 24.5 Å². The van der Waals surface area contributed by atoms with Crippen molar-refractivity contribution in [3.05, 3.63) is 30.2 Å². The molecule has 0 unspecified atom stereocenters. The Morgan fingerprint density at radius 1 is 1.47 bits per heavy atom. The summed E-state index contributed by atoms with van der Waals surface area (Å²) in [6, 6.07) is 3.60. The Balaban J connectivity index is 2.44. The zero-order valence-corrected chi connectivity index (χ0v) is 10.0. The van der Waals surface area contributed by atoms with E-state index >= 15 is 0 Å². The van der Waals surface area contributed by atoms with E-state index in [4.69, 9.17) is 10.5 Å². The highest BCUT2D eigenvalue weighted by Crippen LogP contribution is 2.31. The van der Waals surface area contributed by atoms with Gasteiger partial charge in [-0.3, -0.25) is 4.98 Å². The van der Waals surface area contributed by atoms with Gasteiger partial charge < -0.3 is 10.5 Å². The van der Waals surface area contributed by atoms with Crippen LogP contribution in [0.5, 0.6) is 0 Å². The number of nitrogen functional groups attached to an aromatic ring is 1. The van der Waals surface area contributed by atoms with Gasteiger partial charge in [0, 0.05) is 12.4 Å². The molecular formula is C11H11N3O2S. The van der Waals surface area contributed by atoms with E-state index in [0.29, 0.717) is 16.6 Å². The number of hydrogen-bond acceptors (Lipinski definition) is 6. The monoisotopic (exact) mass is 249 g/mol. The van der Waals surface area contributed by atoms with Crippen LogP contribution in [-0.2, 0) is 4.74 Å². The summed E-state index contributed by atoms with van der Waals surface area (Å²) in [5, 5.41) is 0.347. The van der Waals surface area contributed by atoms with Gasteiger partial charge in [0.05, 0.1) is 11.5 Å². The SMILES string of the molecule is CCOC(=O)c1nc(N)sc1-c1ccncc1. The second-order valence-electron chi connectivity index (χ2n) is 3.19. The van der Waals surface area contributed by atoms with E-state index < -0.39 is 5.97 Å². The van der Waals surface area contributed by atoms with Gasteiger partial charge in [-0.05, 0) is 24.6 Å². The van der Waals surface area contributed by atoms with E-state index in [9.17, 15) is 4.79 Å². The van der Waals surface area contributed by atoms with E-state index in [1.807, 2.05) is 0 Å². The fourth-order valence-corrected chi connectivity index (χ4v) is 2.20. The number of aromatic nitrogens is 2. The third-order valence-corrected chi connectivity index (χ3v) is 2.99. The quantitative estimate of drug-likeness (QED) is 0.841. The van der Waals surface area contributed by atoms with Crippen molar-refractivity contribution in [2.75, 3.05) is 12.3 Å². The Labute approximate surface area is 102 Å². The molecule has 0 spiro atoms. The zero-order valence-electron chi connectivity index (χ0n) is 9.21. The highest BCUT2D eigenvalue weighted by atomic mass is 32.1. The number of nitrogens with two attached hydrogens (primary N) is 1. The summed E-state index contributed by atoms with van der Waals surface area (Å²) in [7, 11) is 0. The lowest BCUT2D eigenvalue weighted by Gasteiger charge is -2.01. The zero-order chi connectivity index (χ0) is 12.3. The normalized spacial score (nSPS) is 10.2. The molecule has 0 bridgehead atoms. The molecule has 0 amide bonds. The average molecular weight is 249 g/mol. The van der Waals surface area contributed by atoms with Crippen LogP contribution in [0.2, 0.25) is 0 Å². The number of hydrogen-bond donors (Lipinski definition) is 1. The van der Waals surface area contributed by atoms with Crippen LogP contribution in [-0.4, -0.2) is 22.5 Å². The first-order chi connectivity index (χ1) is 8.22. The number of anilines is 1. The number of rotatable bonds is 3. The minimum absolute atomic E-state index is 0.264. The van der Waals surface area contributed by atoms with Crippen molar-refractivity contribution in [2.45, 2.75) is 6.92 Å². The maximum Gasteiger partial charge on any atom is 0.358 e. The molecule has 0 radical (unpaired) electrons. The summed E-state index contributed by atoms with van der Waals surface area (Å²) in [6.07, 6.45) is 3.31. The fraction of sp³-hybridized carbons (Fsp3) is 0.182. The molecular weight excluding hydrogens is 238 g/mol. The van der Waals surface area contributed by atoms with Crippen LogP contribution in [0.25, 0.3) is 10.4 Å². The first kappa shape index (κ1) is 11.5. The van der Waals surface area contributed by atoms with Crippen LogP contribution < -0.4 is 5.73 Å². The van der Waals surface area contributed by atoms with E-state index in [1.165, 1.54) is 11.3 Å². The molecule has 0 atom stereocenters. The van der Waals surface area contributed by atoms with Crippen molar-refractivity contribution in [1.82, 2.24) is 9.97 Å². The van der Waals surface area contributed by atoms with Gasteiger partial charge in [0.25, 0.3) is 0 Å². The van der Waals surface area contributed by atoms with Crippen LogP contribution >= 0.6 is 11.3 Å². The average Bonchev–Trinajstić information content (AvgIpc) is 2.73. The Morgan fingerprint density at radius 3 is 2.82 bits per heavy atom. The van der Waals surface area contributed by atoms with E-state index in [1.54, 1.807) is 31.5 Å². The third-order valence-electron chi connectivity index (χ3n) is 2.05. The van der Waals surface area contributed by atoms with Gasteiger partial charge in [-0.15, -0.1) is 0 Å². The van der Waals surface area contributed by atoms with Gasteiger partial charge in [0.1, 0.15) is 0 Å². The predicted octanol–water partition coefficient (Wildman–Crippen LogP) is 1.96. The van der Waals surface area contributed by atoms with Crippen molar-refractivity contribution in [3.8, 4) is 10.4 Å². The summed E-state index contributed by atoms with van der Waals surface area (Å²) in [5.41, 5.74) is 6.76. The minimum atomic E-state index is -0.452. The minimum Gasteiger partial charge on any atom is -0.461 e. The van der Waals surface area contributed by atoms with E-state index in [-0.39, 0.29) is 5.69 Å². The molecule has 17 heavy (non-hydrogen) atoms. The maximum absolute atomic E-state index is 11.7. The summed E-state index contributed by atoms with van der Waals surface area (Å²) in [5.74, 6) is -0.452. The fourth-order valence-electron chi connectivity index (χ4n) is 1.37. The summed E-state index contributed by atoms with van der Waals surface area (Å²) < 4.78 is 4.94. The highest BCUT2D eigenvalue weighted by molar-refractivity contribution is 7.19. The number of ether oxygens (including phenoxy) is 1. The van der Waals surface area contributed by atoms with Crippen molar-refractivity contribution in [1.29, 1.82) is 0 Å². The van der Waals surface area contributed by atoms with Crippen molar-refractivity contribution < 1.29 is 9.53 Å². The predicted molar refractivity (Wildman–Crippen MR) is 65.7 cm³/mol. The lowest BCUT2D eigenvalue weighted by Crippen LogP contribution is -2.06. The molecule has 0 saturated carbocycles. The number of pyridine rings is 1. The molecule has 0 aliphatic heterocycles. The molecule has 88 valence electrons. The molecule has 0 saturated heterocycles. The second kappa shape index (κ2) is 4.92. The number of carbonyl (C=O) groups excluding carboxylic acids is 1. The largest absolute Gasteiger partial charge is 0.461 e. The van der Waals surface area contributed by atoms with Crippen molar-refractivity contribution in [3.63, 3.8) is 0 Å². The number of esters is 1. The molecule has 2 heterocycles. The number of carbonyl (C=O) groups is 1. The molecule has 0 aliphatic rings. The van der Waals surface area contributed by atoms with Gasteiger partial charge in [-0.25, -0.2) is 9.78 Å². The van der Waals surface area contributed by atoms with Crippen LogP contribution in [0.3, 0.4) is 0 Å². The van der Waals surface area contributed by atoms with Gasteiger partial charge >= 0.3 is 5.97 Å². The van der Waals surface area contributed by atoms with Gasteiger partial charge in [-0.1, -0.05) is 11.3 Å². The third kappa shape index (κ3) is 2.42. The molecule has 0 fully saturated rings. The van der Waals surface area contributed by atoms with Crippen LogP contribution in [0.1, 0.15) is 17.4 Å². The molecule has 0 aromatic carbocycles. The Bertz CT molecular complexity index is 525. The molecule has 2 aromatic rings. The molecule has 6 heteroatoms. The number of nitrogens with zero attached hydrogens (tertiary/aromatic N) is 2. The maximum atomic E-state index is 11.7. The molecule has 2 aromatic heterocycles. The van der Waals surface area contributed by atoms with Gasteiger partial charge in [0.15, 0.2) is 10.8 Å². The van der Waals surface area contributed by atoms with Gasteiger partial charge in [-0.2, -0.15) is 0 Å². The van der Waals surface area contributed by atoms with Gasteiger partial charge in [0.2, 0.25) is 0 Å². The molecule has 2 N–H and O–H groups in total. The Hall–Kier alpha value is -1.95. The van der Waals surface area contributed by atoms with E-state index in [0.717, 1.165) is 5.56 Å². The van der Waals surface area contributed by atoms with Crippen molar-refractivity contribution >= 4 is 22.4 Å². The standard InChI is InChI=1S/C11H11N3O2S/c1-2-16-10(15)8-9(17-11(12)14-8)7-3-5-13-6-4-7/h3-6H,2H2,1H3,(H2,12,14). The summed E-state index contributed by atoms with van der Waals surface area (Å²) in [6.45, 7) is 2.06. The Morgan fingerprint density at radius 2 is 2.18 bits per heavy atom. The number of thiazole rings is 1. The van der Waals surface area contributed by atoms with Crippen LogP contribution in [0, 0.1) is 0 Å². The Kier molecular flexibility index (Phi) is 3.34.